The van der Waals surface area contributed by atoms with Gasteiger partial charge in [-0.15, -0.1) is 0 Å². The summed E-state index contributed by atoms with van der Waals surface area (Å²) in [6.07, 6.45) is 17.7. The SMILES string of the molecule is CCCCCCCCCCCCCCC(O)Cc1cccc(N)c1. The van der Waals surface area contributed by atoms with Gasteiger partial charge in [0.1, 0.15) is 0 Å². The average molecular weight is 334 g/mol. The number of aliphatic hydroxyl groups is 1. The first-order valence-electron chi connectivity index (χ1n) is 10.2. The summed E-state index contributed by atoms with van der Waals surface area (Å²) in [5.41, 5.74) is 7.70. The molecule has 1 atom stereocenters. The highest BCUT2D eigenvalue weighted by Gasteiger charge is 2.05. The second-order valence-corrected chi connectivity index (χ2v) is 7.28. The topological polar surface area (TPSA) is 46.2 Å². The van der Waals surface area contributed by atoms with Crippen LogP contribution in [0.2, 0.25) is 0 Å². The predicted octanol–water partition coefficient (Wildman–Crippen LogP) is 6.26. The van der Waals surface area contributed by atoms with Crippen molar-refractivity contribution in [3.8, 4) is 0 Å². The van der Waals surface area contributed by atoms with Crippen LogP contribution in [0.5, 0.6) is 0 Å². The fourth-order valence-electron chi connectivity index (χ4n) is 3.32. The van der Waals surface area contributed by atoms with E-state index < -0.39 is 0 Å². The lowest BCUT2D eigenvalue weighted by atomic mass is 10.0. The molecule has 1 aromatic carbocycles. The van der Waals surface area contributed by atoms with Crippen LogP contribution in [0.15, 0.2) is 24.3 Å². The van der Waals surface area contributed by atoms with Gasteiger partial charge in [0.25, 0.3) is 0 Å². The minimum atomic E-state index is -0.227. The van der Waals surface area contributed by atoms with E-state index in [0.29, 0.717) is 0 Å². The second kappa shape index (κ2) is 14.3. The van der Waals surface area contributed by atoms with E-state index in [1.165, 1.54) is 70.6 Å². The van der Waals surface area contributed by atoms with Crippen molar-refractivity contribution < 1.29 is 5.11 Å². The van der Waals surface area contributed by atoms with E-state index in [1.807, 2.05) is 24.3 Å². The summed E-state index contributed by atoms with van der Waals surface area (Å²) >= 11 is 0. The Balaban J connectivity index is 1.88. The maximum atomic E-state index is 10.1. The first-order chi connectivity index (χ1) is 11.7. The zero-order chi connectivity index (χ0) is 17.5. The number of benzene rings is 1. The summed E-state index contributed by atoms with van der Waals surface area (Å²) in [5, 5.41) is 10.1. The summed E-state index contributed by atoms with van der Waals surface area (Å²) in [6.45, 7) is 2.27. The normalized spacial score (nSPS) is 12.4. The number of anilines is 1. The van der Waals surface area contributed by atoms with Gasteiger partial charge >= 0.3 is 0 Å². The Kier molecular flexibility index (Phi) is 12.6. The molecule has 3 N–H and O–H groups in total. The van der Waals surface area contributed by atoms with Crippen LogP contribution in [0.1, 0.15) is 96.0 Å². The Morgan fingerprint density at radius 3 is 1.92 bits per heavy atom. The molecule has 0 radical (unpaired) electrons. The fourth-order valence-corrected chi connectivity index (χ4v) is 3.32. The monoisotopic (exact) mass is 333 g/mol. The minimum absolute atomic E-state index is 0.227. The van der Waals surface area contributed by atoms with Crippen molar-refractivity contribution in [3.63, 3.8) is 0 Å². The van der Waals surface area contributed by atoms with Crippen LogP contribution in [-0.4, -0.2) is 11.2 Å². The molecule has 2 nitrogen and oxygen atoms in total. The zero-order valence-electron chi connectivity index (χ0n) is 15.8. The molecular weight excluding hydrogens is 294 g/mol. The molecule has 1 rings (SSSR count). The van der Waals surface area contributed by atoms with Gasteiger partial charge in [-0.1, -0.05) is 96.1 Å². The van der Waals surface area contributed by atoms with E-state index >= 15 is 0 Å². The third-order valence-corrected chi connectivity index (χ3v) is 4.81. The van der Waals surface area contributed by atoms with Gasteiger partial charge < -0.3 is 10.8 Å². The molecule has 0 aliphatic heterocycles. The van der Waals surface area contributed by atoms with Crippen molar-refractivity contribution in [2.24, 2.45) is 0 Å². The van der Waals surface area contributed by atoms with Gasteiger partial charge in [0.15, 0.2) is 0 Å². The Hall–Kier alpha value is -1.02. The van der Waals surface area contributed by atoms with Crippen LogP contribution in [0, 0.1) is 0 Å². The van der Waals surface area contributed by atoms with Gasteiger partial charge in [-0.25, -0.2) is 0 Å². The van der Waals surface area contributed by atoms with E-state index in [9.17, 15) is 5.11 Å². The van der Waals surface area contributed by atoms with Gasteiger partial charge in [-0.3, -0.25) is 0 Å². The van der Waals surface area contributed by atoms with E-state index in [-0.39, 0.29) is 6.10 Å². The number of nitrogens with two attached hydrogens (primary N) is 1. The first-order valence-corrected chi connectivity index (χ1v) is 10.2. The van der Waals surface area contributed by atoms with Crippen LogP contribution in [0.3, 0.4) is 0 Å². The number of rotatable bonds is 15. The minimum Gasteiger partial charge on any atom is -0.399 e. The van der Waals surface area contributed by atoms with Crippen LogP contribution in [-0.2, 0) is 6.42 Å². The molecule has 0 aromatic heterocycles. The summed E-state index contributed by atoms with van der Waals surface area (Å²) in [6, 6.07) is 7.86. The molecule has 24 heavy (non-hydrogen) atoms. The fraction of sp³-hybridized carbons (Fsp3) is 0.727. The molecule has 0 aliphatic carbocycles. The van der Waals surface area contributed by atoms with E-state index in [4.69, 9.17) is 5.73 Å². The molecule has 1 unspecified atom stereocenters. The smallest absolute Gasteiger partial charge is 0.0580 e. The van der Waals surface area contributed by atoms with Gasteiger partial charge in [-0.2, -0.15) is 0 Å². The molecule has 138 valence electrons. The first kappa shape index (κ1) is 21.0. The van der Waals surface area contributed by atoms with Crippen LogP contribution < -0.4 is 5.73 Å². The number of aliphatic hydroxyl groups excluding tert-OH is 1. The van der Waals surface area contributed by atoms with Crippen molar-refractivity contribution in [2.75, 3.05) is 5.73 Å². The number of hydrogen-bond acceptors (Lipinski definition) is 2. The van der Waals surface area contributed by atoms with Gasteiger partial charge in [-0.05, 0) is 30.5 Å². The highest BCUT2D eigenvalue weighted by Crippen LogP contribution is 2.15. The summed E-state index contributed by atoms with van der Waals surface area (Å²) < 4.78 is 0. The molecular formula is C22H39NO. The van der Waals surface area contributed by atoms with Crippen molar-refractivity contribution >= 4 is 5.69 Å². The number of nitrogen functional groups attached to an aromatic ring is 1. The third-order valence-electron chi connectivity index (χ3n) is 4.81. The summed E-state index contributed by atoms with van der Waals surface area (Å²) in [5.74, 6) is 0. The van der Waals surface area contributed by atoms with Crippen molar-refractivity contribution in [3.05, 3.63) is 29.8 Å². The Bertz CT molecular complexity index is 405. The van der Waals surface area contributed by atoms with Crippen LogP contribution >= 0.6 is 0 Å². The Morgan fingerprint density at radius 2 is 1.38 bits per heavy atom. The van der Waals surface area contributed by atoms with E-state index in [0.717, 1.165) is 30.5 Å². The summed E-state index contributed by atoms with van der Waals surface area (Å²) in [4.78, 5) is 0. The second-order valence-electron chi connectivity index (χ2n) is 7.28. The average Bonchev–Trinajstić information content (AvgIpc) is 2.56. The standard InChI is InChI=1S/C22H39NO/c1-2-3-4-5-6-7-8-9-10-11-12-13-17-22(24)19-20-15-14-16-21(23)18-20/h14-16,18,22,24H,2-13,17,19,23H2,1H3. The molecule has 0 amide bonds. The lowest BCUT2D eigenvalue weighted by Crippen LogP contribution is -2.10. The number of hydrogen-bond donors (Lipinski definition) is 2. The van der Waals surface area contributed by atoms with Crippen molar-refractivity contribution in [2.45, 2.75) is 103 Å². The van der Waals surface area contributed by atoms with Crippen molar-refractivity contribution in [1.82, 2.24) is 0 Å². The third kappa shape index (κ3) is 11.5. The molecule has 0 heterocycles. The van der Waals surface area contributed by atoms with Crippen LogP contribution in [0.4, 0.5) is 5.69 Å². The molecule has 0 bridgehead atoms. The van der Waals surface area contributed by atoms with E-state index in [1.54, 1.807) is 0 Å². The lowest BCUT2D eigenvalue weighted by molar-refractivity contribution is 0.161. The maximum Gasteiger partial charge on any atom is 0.0580 e. The molecule has 0 spiro atoms. The lowest BCUT2D eigenvalue weighted by Gasteiger charge is -2.11. The Labute approximate surface area is 149 Å². The van der Waals surface area contributed by atoms with Gasteiger partial charge in [0, 0.05) is 5.69 Å². The van der Waals surface area contributed by atoms with Gasteiger partial charge in [0.2, 0.25) is 0 Å². The molecule has 0 fully saturated rings. The van der Waals surface area contributed by atoms with Gasteiger partial charge in [0.05, 0.1) is 6.10 Å². The largest absolute Gasteiger partial charge is 0.399 e. The highest BCUT2D eigenvalue weighted by molar-refractivity contribution is 5.40. The van der Waals surface area contributed by atoms with Crippen LogP contribution in [0.25, 0.3) is 0 Å². The Morgan fingerprint density at radius 1 is 0.833 bits per heavy atom. The zero-order valence-corrected chi connectivity index (χ0v) is 15.8. The molecule has 2 heteroatoms. The number of unbranched alkanes of at least 4 members (excludes halogenated alkanes) is 11. The maximum absolute atomic E-state index is 10.1. The quantitative estimate of drug-likeness (QED) is 0.294. The predicted molar refractivity (Wildman–Crippen MR) is 106 cm³/mol. The molecule has 1 aromatic rings. The van der Waals surface area contributed by atoms with Crippen molar-refractivity contribution in [1.29, 1.82) is 0 Å². The summed E-state index contributed by atoms with van der Waals surface area (Å²) in [7, 11) is 0. The van der Waals surface area contributed by atoms with E-state index in [2.05, 4.69) is 6.92 Å². The highest BCUT2D eigenvalue weighted by atomic mass is 16.3. The molecule has 0 saturated carbocycles. The molecule has 0 saturated heterocycles. The molecule has 0 aliphatic rings.